The summed E-state index contributed by atoms with van der Waals surface area (Å²) < 4.78 is 21.0. The molecule has 0 aliphatic heterocycles. The highest BCUT2D eigenvalue weighted by Gasteiger charge is 2.28. The first-order valence-corrected chi connectivity index (χ1v) is 11.5. The molecule has 2 N–H and O–H groups in total. The van der Waals surface area contributed by atoms with Gasteiger partial charge in [-0.2, -0.15) is 5.10 Å². The van der Waals surface area contributed by atoms with Gasteiger partial charge in [-0.1, -0.05) is 0 Å². The molecule has 1 heterocycles. The van der Waals surface area contributed by atoms with Crippen LogP contribution in [0.2, 0.25) is 0 Å². The molecular weight excluding hydrogens is 462 g/mol. The first-order chi connectivity index (χ1) is 16.4. The fourth-order valence-corrected chi connectivity index (χ4v) is 4.90. The number of methoxy groups -OCH3 is 3. The van der Waals surface area contributed by atoms with E-state index in [9.17, 15) is 14.4 Å². The minimum Gasteiger partial charge on any atom is -0.493 e. The summed E-state index contributed by atoms with van der Waals surface area (Å²) in [5.74, 6) is -1.17. The molecule has 11 heteroatoms. The number of nitrogens with one attached hydrogen (secondary N) is 2. The Kier molecular flexibility index (Phi) is 8.47. The van der Waals surface area contributed by atoms with Crippen LogP contribution in [0.4, 0.5) is 5.00 Å². The summed E-state index contributed by atoms with van der Waals surface area (Å²) in [4.78, 5) is 38.3. The normalized spacial score (nSPS) is 12.6. The number of amides is 2. The third-order valence-corrected chi connectivity index (χ3v) is 6.36. The van der Waals surface area contributed by atoms with E-state index >= 15 is 0 Å². The van der Waals surface area contributed by atoms with Crippen molar-refractivity contribution >= 4 is 40.3 Å². The van der Waals surface area contributed by atoms with Crippen molar-refractivity contribution in [2.75, 3.05) is 33.3 Å². The molecule has 182 valence electrons. The molecule has 1 aromatic carbocycles. The molecule has 0 bridgehead atoms. The van der Waals surface area contributed by atoms with Crippen LogP contribution in [0.5, 0.6) is 17.2 Å². The Bertz CT molecular complexity index is 1090. The van der Waals surface area contributed by atoms with Crippen molar-refractivity contribution in [3.63, 3.8) is 0 Å². The minimum absolute atomic E-state index is 0.215. The molecule has 0 saturated heterocycles. The maximum absolute atomic E-state index is 12.5. The second-order valence-corrected chi connectivity index (χ2v) is 8.35. The first kappa shape index (κ1) is 25.0. The van der Waals surface area contributed by atoms with Crippen LogP contribution >= 0.6 is 11.3 Å². The summed E-state index contributed by atoms with van der Waals surface area (Å²) >= 11 is 1.30. The molecule has 0 unspecified atom stereocenters. The lowest BCUT2D eigenvalue weighted by Crippen LogP contribution is -2.32. The highest BCUT2D eigenvalue weighted by Crippen LogP contribution is 2.39. The third-order valence-electron chi connectivity index (χ3n) is 5.15. The quantitative estimate of drug-likeness (QED) is 0.253. The Hall–Kier alpha value is -3.60. The lowest BCUT2D eigenvalue weighted by Gasteiger charge is -2.12. The molecular formula is C23H27N3O7S. The van der Waals surface area contributed by atoms with Crippen molar-refractivity contribution in [2.45, 2.75) is 32.6 Å². The number of rotatable bonds is 8. The Balaban J connectivity index is 1.72. The lowest BCUT2D eigenvalue weighted by atomic mass is 9.95. The topological polar surface area (TPSA) is 125 Å². The van der Waals surface area contributed by atoms with Gasteiger partial charge in [0.25, 0.3) is 0 Å². The fourth-order valence-electron chi connectivity index (χ4n) is 3.63. The van der Waals surface area contributed by atoms with Gasteiger partial charge in [-0.05, 0) is 50.3 Å². The molecule has 1 aliphatic rings. The number of nitrogens with zero attached hydrogens (tertiary/aromatic N) is 1. The molecule has 0 saturated carbocycles. The zero-order valence-electron chi connectivity index (χ0n) is 19.5. The number of hydrogen-bond donors (Lipinski definition) is 2. The van der Waals surface area contributed by atoms with Gasteiger partial charge in [0.2, 0.25) is 5.75 Å². The second-order valence-electron chi connectivity index (χ2n) is 7.25. The van der Waals surface area contributed by atoms with Gasteiger partial charge in [0, 0.05) is 10.4 Å². The maximum Gasteiger partial charge on any atom is 0.341 e. The number of thiophene rings is 1. The van der Waals surface area contributed by atoms with Gasteiger partial charge in [-0.25, -0.2) is 10.2 Å². The van der Waals surface area contributed by atoms with Crippen LogP contribution in [0.1, 0.15) is 46.1 Å². The average Bonchev–Trinajstić information content (AvgIpc) is 3.21. The fraction of sp³-hybridized carbons (Fsp3) is 0.391. The van der Waals surface area contributed by atoms with Crippen LogP contribution in [0.25, 0.3) is 0 Å². The van der Waals surface area contributed by atoms with Crippen LogP contribution in [0, 0.1) is 0 Å². The number of fused-ring (bicyclic) bond motifs is 1. The summed E-state index contributed by atoms with van der Waals surface area (Å²) in [7, 11) is 4.46. The summed E-state index contributed by atoms with van der Waals surface area (Å²) in [5.41, 5.74) is 3.96. The van der Waals surface area contributed by atoms with E-state index in [1.807, 2.05) is 0 Å². The molecule has 2 amide bonds. The zero-order valence-corrected chi connectivity index (χ0v) is 20.3. The predicted octanol–water partition coefficient (Wildman–Crippen LogP) is 2.92. The Labute approximate surface area is 201 Å². The largest absolute Gasteiger partial charge is 0.493 e. The average molecular weight is 490 g/mol. The number of hydrazone groups is 1. The SMILES string of the molecule is CCOC(=O)c1c(NC(=O)C(=O)N/N=C\c2cc(OC)c(OC)c(OC)c2)sc2c1CCCC2. The Morgan fingerprint density at radius 2 is 1.71 bits per heavy atom. The van der Waals surface area contributed by atoms with Crippen LogP contribution in [0.3, 0.4) is 0 Å². The molecule has 0 radical (unpaired) electrons. The zero-order chi connectivity index (χ0) is 24.7. The van der Waals surface area contributed by atoms with E-state index in [0.29, 0.717) is 33.4 Å². The molecule has 1 aliphatic carbocycles. The summed E-state index contributed by atoms with van der Waals surface area (Å²) in [6.45, 7) is 1.93. The van der Waals surface area contributed by atoms with Crippen molar-refractivity contribution in [3.8, 4) is 17.2 Å². The van der Waals surface area contributed by atoms with Crippen LogP contribution < -0.4 is 25.0 Å². The van der Waals surface area contributed by atoms with Crippen molar-refractivity contribution in [1.29, 1.82) is 0 Å². The molecule has 34 heavy (non-hydrogen) atoms. The van der Waals surface area contributed by atoms with E-state index < -0.39 is 17.8 Å². The lowest BCUT2D eigenvalue weighted by molar-refractivity contribution is -0.136. The molecule has 1 aromatic heterocycles. The number of carbonyl (C=O) groups excluding carboxylic acids is 3. The smallest absolute Gasteiger partial charge is 0.341 e. The number of esters is 1. The highest BCUT2D eigenvalue weighted by molar-refractivity contribution is 7.17. The van der Waals surface area contributed by atoms with Crippen LogP contribution in [-0.4, -0.2) is 51.9 Å². The third kappa shape index (κ3) is 5.48. The van der Waals surface area contributed by atoms with E-state index in [1.54, 1.807) is 19.1 Å². The Morgan fingerprint density at radius 1 is 1.03 bits per heavy atom. The number of anilines is 1. The maximum atomic E-state index is 12.5. The molecule has 3 rings (SSSR count). The Morgan fingerprint density at radius 3 is 2.32 bits per heavy atom. The molecule has 0 fully saturated rings. The minimum atomic E-state index is -0.982. The monoisotopic (exact) mass is 489 g/mol. The van der Waals surface area contributed by atoms with Gasteiger partial charge in [-0.15, -0.1) is 11.3 Å². The van der Waals surface area contributed by atoms with Gasteiger partial charge < -0.3 is 24.3 Å². The van der Waals surface area contributed by atoms with Gasteiger partial charge >= 0.3 is 17.8 Å². The van der Waals surface area contributed by atoms with Crippen molar-refractivity contribution < 1.29 is 33.3 Å². The van der Waals surface area contributed by atoms with Crippen molar-refractivity contribution in [2.24, 2.45) is 5.10 Å². The number of aryl methyl sites for hydroxylation is 1. The van der Waals surface area contributed by atoms with Gasteiger partial charge in [0.1, 0.15) is 5.00 Å². The van der Waals surface area contributed by atoms with Crippen molar-refractivity contribution in [1.82, 2.24) is 5.43 Å². The summed E-state index contributed by atoms with van der Waals surface area (Å²) in [6.07, 6.45) is 4.87. The standard InChI is InChI=1S/C23H27N3O7S/c1-5-33-23(29)18-14-8-6-7-9-17(14)34-22(18)25-20(27)21(28)26-24-12-13-10-15(30-2)19(32-4)16(11-13)31-3/h10-12H,5-9H2,1-4H3,(H,25,27)(H,26,28)/b24-12-. The van der Waals surface area contributed by atoms with E-state index in [2.05, 4.69) is 15.8 Å². The van der Waals surface area contributed by atoms with E-state index in [4.69, 9.17) is 18.9 Å². The number of benzene rings is 1. The van der Waals surface area contributed by atoms with E-state index in [1.165, 1.54) is 38.9 Å². The second kappa shape index (κ2) is 11.5. The number of carbonyl (C=O) groups is 3. The summed E-state index contributed by atoms with van der Waals surface area (Å²) in [6, 6.07) is 3.28. The number of hydrogen-bond acceptors (Lipinski definition) is 9. The van der Waals surface area contributed by atoms with Crippen molar-refractivity contribution in [3.05, 3.63) is 33.7 Å². The highest BCUT2D eigenvalue weighted by atomic mass is 32.1. The molecule has 2 aromatic rings. The predicted molar refractivity (Wildman–Crippen MR) is 127 cm³/mol. The first-order valence-electron chi connectivity index (χ1n) is 10.7. The van der Waals surface area contributed by atoms with E-state index in [-0.39, 0.29) is 6.61 Å². The molecule has 10 nitrogen and oxygen atoms in total. The van der Waals surface area contributed by atoms with Gasteiger partial charge in [0.15, 0.2) is 11.5 Å². The van der Waals surface area contributed by atoms with E-state index in [0.717, 1.165) is 36.1 Å². The van der Waals surface area contributed by atoms with Crippen LogP contribution in [-0.2, 0) is 27.2 Å². The number of ether oxygens (including phenoxy) is 4. The molecule has 0 atom stereocenters. The van der Waals surface area contributed by atoms with Crippen LogP contribution in [0.15, 0.2) is 17.2 Å². The van der Waals surface area contributed by atoms with Gasteiger partial charge in [-0.3, -0.25) is 9.59 Å². The molecule has 0 spiro atoms. The van der Waals surface area contributed by atoms with Gasteiger partial charge in [0.05, 0.1) is 39.7 Å². The summed E-state index contributed by atoms with van der Waals surface area (Å²) in [5, 5.41) is 6.70.